The zero-order chi connectivity index (χ0) is 12.5. The summed E-state index contributed by atoms with van der Waals surface area (Å²) in [6.07, 6.45) is 3.24. The summed E-state index contributed by atoms with van der Waals surface area (Å²) in [5.74, 6) is 0. The van der Waals surface area contributed by atoms with Crippen LogP contribution in [0.2, 0.25) is 0 Å². The molecule has 0 spiro atoms. The van der Waals surface area contributed by atoms with E-state index in [1.54, 1.807) is 20.3 Å². The summed E-state index contributed by atoms with van der Waals surface area (Å²) >= 11 is 0. The van der Waals surface area contributed by atoms with Crippen molar-refractivity contribution in [2.24, 2.45) is 4.99 Å². The first-order valence-electron chi connectivity index (χ1n) is 5.40. The molecule has 0 aliphatic carbocycles. The predicted octanol–water partition coefficient (Wildman–Crippen LogP) is 0.943. The number of carbonyl (C=O) groups excluding carboxylic acids is 1. The van der Waals surface area contributed by atoms with E-state index in [0.29, 0.717) is 6.54 Å². The Morgan fingerprint density at radius 1 is 1.29 bits per heavy atom. The fraction of sp³-hybridized carbons (Fsp3) is 0.417. The Morgan fingerprint density at radius 3 is 2.65 bits per heavy atom. The van der Waals surface area contributed by atoms with Crippen molar-refractivity contribution in [2.75, 3.05) is 20.8 Å². The largest absolute Gasteiger partial charge is 0.423 e. The molecule has 5 heteroatoms. The number of benzene rings is 1. The minimum absolute atomic E-state index is 0.514. The normalized spacial score (nSPS) is 10.3. The molecule has 0 heterocycles. The lowest BCUT2D eigenvalue weighted by Crippen LogP contribution is -2.37. The zero-order valence-electron chi connectivity index (χ0n) is 10.1. The first-order chi connectivity index (χ1) is 8.33. The van der Waals surface area contributed by atoms with E-state index >= 15 is 0 Å². The van der Waals surface area contributed by atoms with E-state index in [-0.39, 0.29) is 0 Å². The van der Waals surface area contributed by atoms with Gasteiger partial charge in [0.05, 0.1) is 6.54 Å². The second kappa shape index (κ2) is 7.92. The third kappa shape index (κ3) is 4.24. The first kappa shape index (κ1) is 13.8. The maximum atomic E-state index is 9.96. The maximum Gasteiger partial charge on any atom is 0.423 e. The van der Waals surface area contributed by atoms with Crippen molar-refractivity contribution in [3.63, 3.8) is 0 Å². The molecule has 0 saturated heterocycles. The van der Waals surface area contributed by atoms with Gasteiger partial charge in [-0.05, 0) is 23.6 Å². The predicted molar refractivity (Wildman–Crippen MR) is 67.2 cm³/mol. The van der Waals surface area contributed by atoms with Gasteiger partial charge in [-0.25, -0.2) is 9.79 Å². The van der Waals surface area contributed by atoms with Crippen LogP contribution in [0.4, 0.5) is 0 Å². The topological polar surface area (TPSA) is 47.9 Å². The van der Waals surface area contributed by atoms with Crippen LogP contribution in [0.25, 0.3) is 0 Å². The number of aliphatic imine (C=N–C) groups is 1. The van der Waals surface area contributed by atoms with Crippen LogP contribution in [-0.4, -0.2) is 36.1 Å². The summed E-state index contributed by atoms with van der Waals surface area (Å²) in [7, 11) is 1.94. The molecule has 0 aliphatic heterocycles. The van der Waals surface area contributed by atoms with E-state index in [0.717, 1.165) is 18.0 Å². The van der Waals surface area contributed by atoms with E-state index in [1.807, 2.05) is 18.2 Å². The molecule has 0 N–H and O–H groups in total. The number of hydrogen-bond acceptors (Lipinski definition) is 4. The fourth-order valence-electron chi connectivity index (χ4n) is 1.63. The highest BCUT2D eigenvalue weighted by Gasteiger charge is 2.18. The van der Waals surface area contributed by atoms with Gasteiger partial charge < -0.3 is 8.85 Å². The zero-order valence-corrected chi connectivity index (χ0v) is 11.1. The average Bonchev–Trinajstić information content (AvgIpc) is 2.38. The van der Waals surface area contributed by atoms with Gasteiger partial charge >= 0.3 is 9.28 Å². The fourth-order valence-corrected chi connectivity index (χ4v) is 2.94. The van der Waals surface area contributed by atoms with Gasteiger partial charge in [0.1, 0.15) is 0 Å². The number of nitrogens with zero attached hydrogens (tertiary/aromatic N) is 1. The Bertz CT molecular complexity index is 387. The highest BCUT2D eigenvalue weighted by atomic mass is 28.3. The van der Waals surface area contributed by atoms with Crippen LogP contribution in [0.15, 0.2) is 29.3 Å². The van der Waals surface area contributed by atoms with Crippen molar-refractivity contribution < 1.29 is 13.6 Å². The monoisotopic (exact) mass is 250 g/mol. The van der Waals surface area contributed by atoms with Crippen LogP contribution >= 0.6 is 0 Å². The van der Waals surface area contributed by atoms with Gasteiger partial charge in [-0.3, -0.25) is 0 Å². The van der Waals surface area contributed by atoms with Crippen molar-refractivity contribution in [1.82, 2.24) is 0 Å². The van der Waals surface area contributed by atoms with Gasteiger partial charge in [0.2, 0.25) is 6.08 Å². The Hall–Kier alpha value is -1.26. The summed E-state index contributed by atoms with van der Waals surface area (Å²) in [6, 6.07) is 8.06. The first-order valence-corrected chi connectivity index (χ1v) is 6.72. The SMILES string of the molecule is CO[Si](OC)c1ccccc1CCCN=C=O. The number of aryl methyl sites for hydroxylation is 1. The summed E-state index contributed by atoms with van der Waals surface area (Å²) in [4.78, 5) is 13.5. The number of hydrogen-bond donors (Lipinski definition) is 0. The quantitative estimate of drug-likeness (QED) is 0.313. The van der Waals surface area contributed by atoms with Crippen molar-refractivity contribution in [3.05, 3.63) is 29.8 Å². The summed E-state index contributed by atoms with van der Waals surface area (Å²) in [5.41, 5.74) is 1.20. The summed E-state index contributed by atoms with van der Waals surface area (Å²) in [6.45, 7) is 0.514. The molecule has 0 aliphatic rings. The van der Waals surface area contributed by atoms with Gasteiger partial charge in [0.25, 0.3) is 0 Å². The number of rotatable bonds is 7. The third-order valence-electron chi connectivity index (χ3n) is 2.39. The summed E-state index contributed by atoms with van der Waals surface area (Å²) in [5, 5.41) is 1.12. The van der Waals surface area contributed by atoms with Crippen LogP contribution in [0.1, 0.15) is 12.0 Å². The van der Waals surface area contributed by atoms with Crippen LogP contribution < -0.4 is 5.19 Å². The molecule has 91 valence electrons. The van der Waals surface area contributed by atoms with E-state index in [9.17, 15) is 4.79 Å². The molecule has 0 fully saturated rings. The molecule has 0 atom stereocenters. The minimum atomic E-state index is -1.38. The highest BCUT2D eigenvalue weighted by molar-refractivity contribution is 6.61. The Kier molecular flexibility index (Phi) is 6.43. The standard InChI is InChI=1S/C12H16NO3Si/c1-15-17(16-2)12-8-4-3-6-11(12)7-5-9-13-10-14/h3-4,6,8H,5,7,9H2,1-2H3. The van der Waals surface area contributed by atoms with Gasteiger partial charge in [0.15, 0.2) is 0 Å². The van der Waals surface area contributed by atoms with Crippen LogP contribution in [0, 0.1) is 0 Å². The molecule has 0 saturated carbocycles. The molecule has 1 aromatic carbocycles. The Labute approximate surface area is 103 Å². The molecule has 1 aromatic rings. The molecular formula is C12H16NO3Si. The van der Waals surface area contributed by atoms with Gasteiger partial charge in [-0.2, -0.15) is 0 Å². The van der Waals surface area contributed by atoms with Crippen molar-refractivity contribution >= 4 is 20.6 Å². The summed E-state index contributed by atoms with van der Waals surface area (Å²) < 4.78 is 10.7. The molecule has 17 heavy (non-hydrogen) atoms. The molecule has 0 amide bonds. The van der Waals surface area contributed by atoms with Gasteiger partial charge in [-0.1, -0.05) is 24.3 Å². The van der Waals surface area contributed by atoms with Crippen LogP contribution in [-0.2, 0) is 20.1 Å². The van der Waals surface area contributed by atoms with E-state index < -0.39 is 9.28 Å². The minimum Gasteiger partial charge on any atom is -0.393 e. The molecule has 0 bridgehead atoms. The number of isocyanates is 1. The molecule has 4 nitrogen and oxygen atoms in total. The Balaban J connectivity index is 2.73. The Morgan fingerprint density at radius 2 is 2.00 bits per heavy atom. The molecular weight excluding hydrogens is 234 g/mol. The maximum absolute atomic E-state index is 9.96. The lowest BCUT2D eigenvalue weighted by molar-refractivity contribution is 0.291. The average molecular weight is 250 g/mol. The van der Waals surface area contributed by atoms with Crippen molar-refractivity contribution in [1.29, 1.82) is 0 Å². The molecule has 1 rings (SSSR count). The third-order valence-corrected chi connectivity index (χ3v) is 4.06. The van der Waals surface area contributed by atoms with Crippen LogP contribution in [0.3, 0.4) is 0 Å². The van der Waals surface area contributed by atoms with E-state index in [2.05, 4.69) is 11.1 Å². The lowest BCUT2D eigenvalue weighted by atomic mass is 10.1. The second-order valence-electron chi connectivity index (χ2n) is 3.43. The van der Waals surface area contributed by atoms with Crippen molar-refractivity contribution in [3.8, 4) is 0 Å². The molecule has 0 aromatic heterocycles. The lowest BCUT2D eigenvalue weighted by Gasteiger charge is -2.13. The smallest absolute Gasteiger partial charge is 0.393 e. The van der Waals surface area contributed by atoms with Gasteiger partial charge in [-0.15, -0.1) is 0 Å². The van der Waals surface area contributed by atoms with Crippen LogP contribution in [0.5, 0.6) is 0 Å². The molecule has 0 unspecified atom stereocenters. The van der Waals surface area contributed by atoms with Crippen molar-refractivity contribution in [2.45, 2.75) is 12.8 Å². The highest BCUT2D eigenvalue weighted by Crippen LogP contribution is 2.03. The van der Waals surface area contributed by atoms with E-state index in [4.69, 9.17) is 8.85 Å². The van der Waals surface area contributed by atoms with Gasteiger partial charge in [0, 0.05) is 14.2 Å². The molecule has 1 radical (unpaired) electrons. The second-order valence-corrected chi connectivity index (χ2v) is 5.36. The van der Waals surface area contributed by atoms with E-state index in [1.165, 1.54) is 5.56 Å².